The van der Waals surface area contributed by atoms with Crippen molar-refractivity contribution in [2.45, 2.75) is 99.0 Å². The third-order valence-corrected chi connectivity index (χ3v) is 6.06. The number of aliphatic hydroxyl groups excluding tert-OH is 10. The SMILES string of the molecule is C[C@@H]1O[C@H](O[C@H]2[C@H](O)[C@@H](CO)O[C@@H](O)[C@@H]2O[C@H]2O[C@H](CO)[C@@H](O)[C@H](O)[C@@H]2O)[C@@H](O)[C@H](O)[C@@H]1O. The number of hydrogen-bond acceptors (Lipinski definition) is 15. The quantitative estimate of drug-likeness (QED) is 0.167. The molecule has 10 N–H and O–H groups in total. The van der Waals surface area contributed by atoms with Crippen molar-refractivity contribution >= 4 is 0 Å². The molecule has 0 aliphatic carbocycles. The van der Waals surface area contributed by atoms with Gasteiger partial charge in [-0.25, -0.2) is 0 Å². The lowest BCUT2D eigenvalue weighted by atomic mass is 9.96. The Hall–Kier alpha value is -0.600. The fourth-order valence-electron chi connectivity index (χ4n) is 3.97. The zero-order valence-electron chi connectivity index (χ0n) is 17.6. The molecule has 0 aromatic rings. The van der Waals surface area contributed by atoms with Crippen LogP contribution < -0.4 is 0 Å². The topological polar surface area (TPSA) is 248 Å². The first-order valence-electron chi connectivity index (χ1n) is 10.4. The highest BCUT2D eigenvalue weighted by Gasteiger charge is 2.53. The third-order valence-electron chi connectivity index (χ3n) is 6.06. The van der Waals surface area contributed by atoms with Gasteiger partial charge < -0.3 is 74.7 Å². The van der Waals surface area contributed by atoms with E-state index in [9.17, 15) is 51.1 Å². The van der Waals surface area contributed by atoms with E-state index in [1.807, 2.05) is 0 Å². The van der Waals surface area contributed by atoms with Gasteiger partial charge in [0, 0.05) is 0 Å². The summed E-state index contributed by atoms with van der Waals surface area (Å²) < 4.78 is 26.7. The summed E-state index contributed by atoms with van der Waals surface area (Å²) in [6.45, 7) is -0.107. The minimum absolute atomic E-state index is 0.746. The summed E-state index contributed by atoms with van der Waals surface area (Å²) in [6.07, 6.45) is -24.1. The Bertz CT molecular complexity index is 624. The van der Waals surface area contributed by atoms with Crippen LogP contribution in [0.25, 0.3) is 0 Å². The molecule has 0 amide bonds. The number of hydrogen-bond donors (Lipinski definition) is 10. The Morgan fingerprint density at radius 2 is 1.03 bits per heavy atom. The molecule has 3 heterocycles. The normalized spacial score (nSPS) is 53.7. The molecule has 15 nitrogen and oxygen atoms in total. The average Bonchev–Trinajstić information content (AvgIpc) is 2.79. The monoisotopic (exact) mass is 488 g/mol. The summed E-state index contributed by atoms with van der Waals surface area (Å²) in [6, 6.07) is 0. The molecule has 0 aromatic carbocycles. The first-order valence-corrected chi connectivity index (χ1v) is 10.4. The minimum Gasteiger partial charge on any atom is -0.394 e. The highest BCUT2D eigenvalue weighted by molar-refractivity contribution is 4.95. The van der Waals surface area contributed by atoms with Gasteiger partial charge in [0.1, 0.15) is 67.1 Å². The second-order valence-corrected chi connectivity index (χ2v) is 8.32. The van der Waals surface area contributed by atoms with Gasteiger partial charge in [-0.1, -0.05) is 0 Å². The molecule has 0 radical (unpaired) electrons. The van der Waals surface area contributed by atoms with Gasteiger partial charge in [0.15, 0.2) is 18.9 Å². The zero-order valence-corrected chi connectivity index (χ0v) is 17.6. The molecule has 0 aromatic heterocycles. The highest BCUT2D eigenvalue weighted by Crippen LogP contribution is 2.32. The molecular formula is C18H32O15. The van der Waals surface area contributed by atoms with E-state index in [1.54, 1.807) is 0 Å². The maximum atomic E-state index is 10.6. The van der Waals surface area contributed by atoms with E-state index in [0.717, 1.165) is 0 Å². The second-order valence-electron chi connectivity index (χ2n) is 8.32. The Balaban J connectivity index is 1.82. The van der Waals surface area contributed by atoms with Gasteiger partial charge in [-0.05, 0) is 6.92 Å². The van der Waals surface area contributed by atoms with Crippen LogP contribution in [-0.4, -0.2) is 156 Å². The molecule has 15 atom stereocenters. The summed E-state index contributed by atoms with van der Waals surface area (Å²) in [5.41, 5.74) is 0. The fourth-order valence-corrected chi connectivity index (χ4v) is 3.97. The molecule has 0 saturated carbocycles. The predicted molar refractivity (Wildman–Crippen MR) is 99.8 cm³/mol. The van der Waals surface area contributed by atoms with E-state index in [4.69, 9.17) is 23.7 Å². The summed E-state index contributed by atoms with van der Waals surface area (Å²) in [5.74, 6) is 0. The molecular weight excluding hydrogens is 456 g/mol. The first-order chi connectivity index (χ1) is 15.5. The van der Waals surface area contributed by atoms with Crippen molar-refractivity contribution in [1.82, 2.24) is 0 Å². The molecule has 15 heteroatoms. The van der Waals surface area contributed by atoms with Gasteiger partial charge in [0.2, 0.25) is 0 Å². The van der Waals surface area contributed by atoms with Crippen molar-refractivity contribution in [3.8, 4) is 0 Å². The minimum atomic E-state index is -1.89. The lowest BCUT2D eigenvalue weighted by molar-refractivity contribution is -0.386. The van der Waals surface area contributed by atoms with Crippen molar-refractivity contribution in [2.24, 2.45) is 0 Å². The smallest absolute Gasteiger partial charge is 0.187 e. The molecule has 3 saturated heterocycles. The van der Waals surface area contributed by atoms with Gasteiger partial charge >= 0.3 is 0 Å². The van der Waals surface area contributed by atoms with Crippen LogP contribution >= 0.6 is 0 Å². The molecule has 3 fully saturated rings. The number of ether oxygens (including phenoxy) is 5. The lowest BCUT2D eigenvalue weighted by Crippen LogP contribution is -2.66. The van der Waals surface area contributed by atoms with E-state index in [1.165, 1.54) is 6.92 Å². The van der Waals surface area contributed by atoms with Crippen molar-refractivity contribution in [2.75, 3.05) is 13.2 Å². The van der Waals surface area contributed by atoms with Crippen LogP contribution in [-0.2, 0) is 23.7 Å². The molecule has 0 unspecified atom stereocenters. The van der Waals surface area contributed by atoms with Crippen LogP contribution in [0.4, 0.5) is 0 Å². The summed E-state index contributed by atoms with van der Waals surface area (Å²) in [4.78, 5) is 0. The van der Waals surface area contributed by atoms with E-state index in [2.05, 4.69) is 0 Å². The van der Waals surface area contributed by atoms with Crippen LogP contribution in [0, 0.1) is 0 Å². The van der Waals surface area contributed by atoms with Crippen LogP contribution in [0.15, 0.2) is 0 Å². The van der Waals surface area contributed by atoms with Crippen molar-refractivity contribution < 1.29 is 74.7 Å². The van der Waals surface area contributed by atoms with Crippen LogP contribution in [0.1, 0.15) is 6.92 Å². The average molecular weight is 488 g/mol. The lowest BCUT2D eigenvalue weighted by Gasteiger charge is -2.48. The van der Waals surface area contributed by atoms with Crippen molar-refractivity contribution in [3.05, 3.63) is 0 Å². The summed E-state index contributed by atoms with van der Waals surface area (Å²) in [5, 5.41) is 100.0. The van der Waals surface area contributed by atoms with Gasteiger partial charge in [-0.15, -0.1) is 0 Å². The largest absolute Gasteiger partial charge is 0.394 e. The van der Waals surface area contributed by atoms with Crippen molar-refractivity contribution in [1.29, 1.82) is 0 Å². The van der Waals surface area contributed by atoms with Crippen molar-refractivity contribution in [3.63, 3.8) is 0 Å². The van der Waals surface area contributed by atoms with Gasteiger partial charge in [0.25, 0.3) is 0 Å². The predicted octanol–water partition coefficient (Wildman–Crippen LogP) is -6.55. The molecule has 33 heavy (non-hydrogen) atoms. The highest BCUT2D eigenvalue weighted by atomic mass is 16.8. The molecule has 3 aliphatic heterocycles. The Labute approximate surface area is 187 Å². The summed E-state index contributed by atoms with van der Waals surface area (Å²) in [7, 11) is 0. The van der Waals surface area contributed by atoms with Gasteiger partial charge in [-0.2, -0.15) is 0 Å². The molecule has 0 bridgehead atoms. The Morgan fingerprint density at radius 3 is 1.61 bits per heavy atom. The van der Waals surface area contributed by atoms with E-state index in [-0.39, 0.29) is 0 Å². The number of rotatable bonds is 6. The Kier molecular flexibility index (Phi) is 8.99. The molecule has 0 spiro atoms. The van der Waals surface area contributed by atoms with Crippen LogP contribution in [0.5, 0.6) is 0 Å². The standard InChI is InChI=1S/C18H32O15/c1-4-7(21)10(24)12(26)17(29-4)32-14-9(23)6(3-20)30-16(28)15(14)33-18-13(27)11(25)8(22)5(2-19)31-18/h4-28H,2-3H2,1H3/t4-,5+,6+,7+,8+,9+,10+,11-,12-,13-,14-,15+,16+,17+,18+/m0/s1. The molecule has 3 rings (SSSR count). The van der Waals surface area contributed by atoms with E-state index >= 15 is 0 Å². The Morgan fingerprint density at radius 1 is 0.545 bits per heavy atom. The molecule has 3 aliphatic rings. The maximum Gasteiger partial charge on any atom is 0.187 e. The van der Waals surface area contributed by atoms with E-state index < -0.39 is 105 Å². The second kappa shape index (κ2) is 11.0. The van der Waals surface area contributed by atoms with Crippen LogP contribution in [0.2, 0.25) is 0 Å². The maximum absolute atomic E-state index is 10.6. The summed E-state index contributed by atoms with van der Waals surface area (Å²) >= 11 is 0. The fraction of sp³-hybridized carbons (Fsp3) is 1.00. The van der Waals surface area contributed by atoms with Crippen LogP contribution in [0.3, 0.4) is 0 Å². The third kappa shape index (κ3) is 5.32. The molecule has 194 valence electrons. The van der Waals surface area contributed by atoms with E-state index in [0.29, 0.717) is 0 Å². The zero-order chi connectivity index (χ0) is 24.6. The van der Waals surface area contributed by atoms with Gasteiger partial charge in [0.05, 0.1) is 19.3 Å². The first kappa shape index (κ1) is 27.0. The number of aliphatic hydroxyl groups is 10. The van der Waals surface area contributed by atoms with Gasteiger partial charge in [-0.3, -0.25) is 0 Å².